The molecule has 0 heterocycles. The summed E-state index contributed by atoms with van der Waals surface area (Å²) in [7, 11) is 0. The molecule has 2 rings (SSSR count). The van der Waals surface area contributed by atoms with Gasteiger partial charge in [0.05, 0.1) is 12.2 Å². The third-order valence-corrected chi connectivity index (χ3v) is 3.34. The average molecular weight is 220 g/mol. The van der Waals surface area contributed by atoms with Gasteiger partial charge in [0.15, 0.2) is 0 Å². The highest BCUT2D eigenvalue weighted by Crippen LogP contribution is 2.36. The Balaban J connectivity index is 1.75. The highest BCUT2D eigenvalue weighted by molar-refractivity contribution is 5.17. The third-order valence-electron chi connectivity index (χ3n) is 3.34. The van der Waals surface area contributed by atoms with Crippen molar-refractivity contribution in [1.29, 1.82) is 0 Å². The second kappa shape index (κ2) is 5.46. The Bertz CT molecular complexity index is 304. The van der Waals surface area contributed by atoms with Crippen LogP contribution in [0, 0.1) is 5.92 Å². The maximum atomic E-state index is 10.0. The number of aliphatic hydroxyl groups is 1. The molecule has 1 N–H and O–H groups in total. The van der Waals surface area contributed by atoms with Crippen LogP contribution >= 0.6 is 0 Å². The lowest BCUT2D eigenvalue weighted by atomic mass is 9.78. The van der Waals surface area contributed by atoms with Crippen LogP contribution in [0.2, 0.25) is 0 Å². The summed E-state index contributed by atoms with van der Waals surface area (Å²) in [4.78, 5) is 0. The lowest BCUT2D eigenvalue weighted by Crippen LogP contribution is -2.32. The van der Waals surface area contributed by atoms with Gasteiger partial charge in [-0.1, -0.05) is 30.3 Å². The van der Waals surface area contributed by atoms with Crippen LogP contribution in [0.3, 0.4) is 0 Å². The van der Waals surface area contributed by atoms with Crippen LogP contribution in [-0.2, 0) is 4.74 Å². The fourth-order valence-corrected chi connectivity index (χ4v) is 2.37. The van der Waals surface area contributed by atoms with Crippen molar-refractivity contribution in [2.75, 3.05) is 6.61 Å². The molecule has 1 aliphatic carbocycles. The lowest BCUT2D eigenvalue weighted by Gasteiger charge is -2.36. The SMILES string of the molecule is CCOC1CC(CC(O)c2ccccc2)C1. The van der Waals surface area contributed by atoms with Crippen molar-refractivity contribution < 1.29 is 9.84 Å². The highest BCUT2D eigenvalue weighted by Gasteiger charge is 2.31. The molecule has 0 radical (unpaired) electrons. The molecule has 16 heavy (non-hydrogen) atoms. The first kappa shape index (κ1) is 11.6. The zero-order valence-corrected chi connectivity index (χ0v) is 9.80. The molecule has 2 nitrogen and oxygen atoms in total. The standard InChI is InChI=1S/C14H20O2/c1-2-16-13-8-11(9-13)10-14(15)12-6-4-3-5-7-12/h3-7,11,13-15H,2,8-10H2,1H3. The number of hydrogen-bond donors (Lipinski definition) is 1. The minimum Gasteiger partial charge on any atom is -0.388 e. The Morgan fingerprint density at radius 1 is 1.31 bits per heavy atom. The second-order valence-electron chi connectivity index (χ2n) is 4.58. The molecule has 1 atom stereocenters. The van der Waals surface area contributed by atoms with Crippen molar-refractivity contribution in [1.82, 2.24) is 0 Å². The smallest absolute Gasteiger partial charge is 0.0792 e. The van der Waals surface area contributed by atoms with Gasteiger partial charge in [-0.25, -0.2) is 0 Å². The zero-order valence-electron chi connectivity index (χ0n) is 9.80. The first-order valence-corrected chi connectivity index (χ1v) is 6.14. The number of rotatable bonds is 5. The fraction of sp³-hybridized carbons (Fsp3) is 0.571. The number of ether oxygens (including phenoxy) is 1. The molecule has 0 amide bonds. The molecule has 1 aliphatic rings. The molecule has 0 spiro atoms. The van der Waals surface area contributed by atoms with Crippen LogP contribution < -0.4 is 0 Å². The summed E-state index contributed by atoms with van der Waals surface area (Å²) >= 11 is 0. The first-order chi connectivity index (χ1) is 7.79. The van der Waals surface area contributed by atoms with Gasteiger partial charge >= 0.3 is 0 Å². The van der Waals surface area contributed by atoms with E-state index in [0.29, 0.717) is 12.0 Å². The van der Waals surface area contributed by atoms with Crippen LogP contribution in [-0.4, -0.2) is 17.8 Å². The van der Waals surface area contributed by atoms with Gasteiger partial charge < -0.3 is 9.84 Å². The zero-order chi connectivity index (χ0) is 11.4. The molecular weight excluding hydrogens is 200 g/mol. The molecule has 88 valence electrons. The van der Waals surface area contributed by atoms with Gasteiger partial charge in [0, 0.05) is 6.61 Å². The topological polar surface area (TPSA) is 29.5 Å². The first-order valence-electron chi connectivity index (χ1n) is 6.14. The molecule has 1 unspecified atom stereocenters. The summed E-state index contributed by atoms with van der Waals surface area (Å²) in [5, 5.41) is 10.0. The van der Waals surface area contributed by atoms with E-state index in [-0.39, 0.29) is 6.10 Å². The van der Waals surface area contributed by atoms with Gasteiger partial charge in [-0.2, -0.15) is 0 Å². The predicted octanol–water partition coefficient (Wildman–Crippen LogP) is 2.93. The van der Waals surface area contributed by atoms with Crippen molar-refractivity contribution in [2.24, 2.45) is 5.92 Å². The predicted molar refractivity (Wildman–Crippen MR) is 64.2 cm³/mol. The largest absolute Gasteiger partial charge is 0.388 e. The molecule has 0 saturated heterocycles. The van der Waals surface area contributed by atoms with Gasteiger partial charge in [0.1, 0.15) is 0 Å². The summed E-state index contributed by atoms with van der Waals surface area (Å²) in [6.45, 7) is 2.84. The van der Waals surface area contributed by atoms with E-state index < -0.39 is 0 Å². The van der Waals surface area contributed by atoms with E-state index in [1.54, 1.807) is 0 Å². The lowest BCUT2D eigenvalue weighted by molar-refractivity contribution is -0.0380. The van der Waals surface area contributed by atoms with Crippen LogP contribution in [0.25, 0.3) is 0 Å². The number of benzene rings is 1. The van der Waals surface area contributed by atoms with E-state index in [2.05, 4.69) is 0 Å². The normalized spacial score (nSPS) is 26.1. The van der Waals surface area contributed by atoms with Crippen LogP contribution in [0.1, 0.15) is 37.9 Å². The Labute approximate surface area is 97.3 Å². The second-order valence-corrected chi connectivity index (χ2v) is 4.58. The Hall–Kier alpha value is -0.860. The van der Waals surface area contributed by atoms with Crippen LogP contribution in [0.15, 0.2) is 30.3 Å². The van der Waals surface area contributed by atoms with Gasteiger partial charge in [-0.15, -0.1) is 0 Å². The fourth-order valence-electron chi connectivity index (χ4n) is 2.37. The summed E-state index contributed by atoms with van der Waals surface area (Å²) < 4.78 is 5.51. The van der Waals surface area contributed by atoms with Crippen LogP contribution in [0.5, 0.6) is 0 Å². The van der Waals surface area contributed by atoms with Crippen LogP contribution in [0.4, 0.5) is 0 Å². The Kier molecular flexibility index (Phi) is 3.97. The molecule has 1 fully saturated rings. The van der Waals surface area contributed by atoms with Crippen molar-refractivity contribution in [3.8, 4) is 0 Å². The van der Waals surface area contributed by atoms with Gasteiger partial charge in [0.2, 0.25) is 0 Å². The molecule has 1 aromatic rings. The van der Waals surface area contributed by atoms with E-state index in [9.17, 15) is 5.11 Å². The average Bonchev–Trinajstić information content (AvgIpc) is 2.27. The van der Waals surface area contributed by atoms with Crippen molar-refractivity contribution in [3.63, 3.8) is 0 Å². The highest BCUT2D eigenvalue weighted by atomic mass is 16.5. The quantitative estimate of drug-likeness (QED) is 0.826. The summed E-state index contributed by atoms with van der Waals surface area (Å²) in [6.07, 6.45) is 3.22. The summed E-state index contributed by atoms with van der Waals surface area (Å²) in [6, 6.07) is 9.90. The molecule has 0 aromatic heterocycles. The van der Waals surface area contributed by atoms with Gasteiger partial charge in [-0.3, -0.25) is 0 Å². The molecule has 1 saturated carbocycles. The van der Waals surface area contributed by atoms with Crippen molar-refractivity contribution in [3.05, 3.63) is 35.9 Å². The number of aliphatic hydroxyl groups excluding tert-OH is 1. The summed E-state index contributed by atoms with van der Waals surface area (Å²) in [5.41, 5.74) is 1.03. The molecule has 1 aromatic carbocycles. The van der Waals surface area contributed by atoms with E-state index in [1.807, 2.05) is 37.3 Å². The Morgan fingerprint density at radius 2 is 2.00 bits per heavy atom. The maximum absolute atomic E-state index is 10.0. The third kappa shape index (κ3) is 2.83. The monoisotopic (exact) mass is 220 g/mol. The van der Waals surface area contributed by atoms with Gasteiger partial charge in [0.25, 0.3) is 0 Å². The van der Waals surface area contributed by atoms with Gasteiger partial charge in [-0.05, 0) is 37.7 Å². The maximum Gasteiger partial charge on any atom is 0.0792 e. The van der Waals surface area contributed by atoms with E-state index in [4.69, 9.17) is 4.74 Å². The van der Waals surface area contributed by atoms with E-state index in [0.717, 1.165) is 31.4 Å². The summed E-state index contributed by atoms with van der Waals surface area (Å²) in [5.74, 6) is 0.631. The molecule has 0 aliphatic heterocycles. The molecular formula is C14H20O2. The molecule has 2 heteroatoms. The minimum atomic E-state index is -0.311. The van der Waals surface area contributed by atoms with E-state index >= 15 is 0 Å². The van der Waals surface area contributed by atoms with E-state index in [1.165, 1.54) is 0 Å². The Morgan fingerprint density at radius 3 is 2.62 bits per heavy atom. The number of hydrogen-bond acceptors (Lipinski definition) is 2. The minimum absolute atomic E-state index is 0.311. The van der Waals surface area contributed by atoms with Crippen molar-refractivity contribution >= 4 is 0 Å². The van der Waals surface area contributed by atoms with Crippen molar-refractivity contribution in [2.45, 2.75) is 38.4 Å². The molecule has 0 bridgehead atoms.